The van der Waals surface area contributed by atoms with Gasteiger partial charge in [0.1, 0.15) is 0 Å². The first kappa shape index (κ1) is 14.7. The molecule has 0 fully saturated rings. The highest BCUT2D eigenvalue weighted by atomic mass is 32.2. The van der Waals surface area contributed by atoms with Gasteiger partial charge in [0.15, 0.2) is 0 Å². The molecule has 0 unspecified atom stereocenters. The molecule has 4 nitrogen and oxygen atoms in total. The van der Waals surface area contributed by atoms with Gasteiger partial charge in [-0.1, -0.05) is 37.3 Å². The highest BCUT2D eigenvalue weighted by Crippen LogP contribution is 2.04. The van der Waals surface area contributed by atoms with Crippen molar-refractivity contribution < 1.29 is 13.2 Å². The highest BCUT2D eigenvalue weighted by Gasteiger charge is 2.12. The summed E-state index contributed by atoms with van der Waals surface area (Å²) in [6, 6.07) is 9.81. The summed E-state index contributed by atoms with van der Waals surface area (Å²) in [6.45, 7) is 1.76. The Labute approximate surface area is 108 Å². The Bertz CT molecular complexity index is 468. The van der Waals surface area contributed by atoms with Crippen molar-refractivity contribution in [2.75, 3.05) is 5.75 Å². The van der Waals surface area contributed by atoms with Crippen LogP contribution in [0.4, 0.5) is 0 Å². The molecule has 1 N–H and O–H groups in total. The normalized spacial score (nSPS) is 11.2. The molecule has 1 rings (SSSR count). The Morgan fingerprint density at radius 3 is 2.50 bits per heavy atom. The minimum atomic E-state index is -3.43. The molecule has 0 heterocycles. The van der Waals surface area contributed by atoms with Gasteiger partial charge in [0.2, 0.25) is 15.9 Å². The van der Waals surface area contributed by atoms with E-state index in [2.05, 4.69) is 4.72 Å². The maximum atomic E-state index is 11.4. The van der Waals surface area contributed by atoms with Crippen LogP contribution in [-0.4, -0.2) is 20.1 Å². The number of nitrogens with one attached hydrogen (secondary N) is 1. The molecule has 1 amide bonds. The maximum Gasteiger partial charge on any atom is 0.234 e. The van der Waals surface area contributed by atoms with Gasteiger partial charge in [-0.3, -0.25) is 9.52 Å². The van der Waals surface area contributed by atoms with Crippen LogP contribution in [0.5, 0.6) is 0 Å². The van der Waals surface area contributed by atoms with E-state index in [1.165, 1.54) is 0 Å². The van der Waals surface area contributed by atoms with Gasteiger partial charge in [-0.2, -0.15) is 0 Å². The van der Waals surface area contributed by atoms with Gasteiger partial charge in [-0.15, -0.1) is 0 Å². The monoisotopic (exact) mass is 269 g/mol. The van der Waals surface area contributed by atoms with Crippen molar-refractivity contribution in [1.82, 2.24) is 4.72 Å². The predicted molar refractivity (Wildman–Crippen MR) is 71.6 cm³/mol. The van der Waals surface area contributed by atoms with Crippen LogP contribution in [0.3, 0.4) is 0 Å². The number of amides is 1. The van der Waals surface area contributed by atoms with Crippen LogP contribution in [0, 0.1) is 0 Å². The lowest BCUT2D eigenvalue weighted by Crippen LogP contribution is -2.32. The average molecular weight is 269 g/mol. The van der Waals surface area contributed by atoms with Gasteiger partial charge >= 0.3 is 0 Å². The molecule has 1 aromatic carbocycles. The van der Waals surface area contributed by atoms with Crippen LogP contribution in [-0.2, 0) is 21.2 Å². The Hall–Kier alpha value is -1.36. The van der Waals surface area contributed by atoms with Gasteiger partial charge in [0.25, 0.3) is 0 Å². The molecule has 18 heavy (non-hydrogen) atoms. The van der Waals surface area contributed by atoms with E-state index >= 15 is 0 Å². The smallest absolute Gasteiger partial charge is 0.234 e. The van der Waals surface area contributed by atoms with Gasteiger partial charge in [-0.25, -0.2) is 8.42 Å². The fraction of sp³-hybridized carbons (Fsp3) is 0.462. The van der Waals surface area contributed by atoms with E-state index in [0.29, 0.717) is 12.8 Å². The molecule has 0 saturated heterocycles. The molecule has 0 radical (unpaired) electrons. The second-order valence-electron chi connectivity index (χ2n) is 4.18. The summed E-state index contributed by atoms with van der Waals surface area (Å²) in [7, 11) is -3.43. The van der Waals surface area contributed by atoms with Crippen LogP contribution in [0.25, 0.3) is 0 Å². The van der Waals surface area contributed by atoms with Crippen molar-refractivity contribution in [2.45, 2.75) is 32.6 Å². The second-order valence-corrected chi connectivity index (χ2v) is 6.03. The van der Waals surface area contributed by atoms with Gasteiger partial charge in [0, 0.05) is 6.42 Å². The fourth-order valence-corrected chi connectivity index (χ4v) is 2.73. The summed E-state index contributed by atoms with van der Waals surface area (Å²) in [5, 5.41) is 0. The molecule has 0 spiro atoms. The second kappa shape index (κ2) is 7.16. The summed E-state index contributed by atoms with van der Waals surface area (Å²) < 4.78 is 24.8. The minimum absolute atomic E-state index is 0.00255. The summed E-state index contributed by atoms with van der Waals surface area (Å²) in [6.07, 6.45) is 2.17. The maximum absolute atomic E-state index is 11.4. The first-order valence-electron chi connectivity index (χ1n) is 6.11. The fourth-order valence-electron chi connectivity index (χ4n) is 1.64. The first-order valence-corrected chi connectivity index (χ1v) is 7.76. The van der Waals surface area contributed by atoms with Crippen LogP contribution in [0.2, 0.25) is 0 Å². The zero-order valence-electron chi connectivity index (χ0n) is 10.6. The Morgan fingerprint density at radius 1 is 1.22 bits per heavy atom. The van der Waals surface area contributed by atoms with E-state index in [9.17, 15) is 13.2 Å². The Balaban J connectivity index is 2.30. The van der Waals surface area contributed by atoms with Gasteiger partial charge in [-0.05, 0) is 24.8 Å². The van der Waals surface area contributed by atoms with Gasteiger partial charge < -0.3 is 0 Å². The van der Waals surface area contributed by atoms with Crippen molar-refractivity contribution in [1.29, 1.82) is 0 Å². The summed E-state index contributed by atoms with van der Waals surface area (Å²) in [5.74, 6) is -0.420. The van der Waals surface area contributed by atoms with Crippen LogP contribution >= 0.6 is 0 Å². The molecule has 0 atom stereocenters. The largest absolute Gasteiger partial charge is 0.274 e. The van der Waals surface area contributed by atoms with Crippen LogP contribution in [0.15, 0.2) is 30.3 Å². The van der Waals surface area contributed by atoms with E-state index < -0.39 is 15.9 Å². The zero-order chi connectivity index (χ0) is 13.4. The van der Waals surface area contributed by atoms with E-state index in [1.54, 1.807) is 6.92 Å². The molecular weight excluding hydrogens is 250 g/mol. The number of carbonyl (C=O) groups is 1. The van der Waals surface area contributed by atoms with Crippen molar-refractivity contribution in [3.63, 3.8) is 0 Å². The molecular formula is C13H19NO3S. The third kappa shape index (κ3) is 5.82. The number of carbonyl (C=O) groups excluding carboxylic acids is 1. The number of hydrogen-bond donors (Lipinski definition) is 1. The van der Waals surface area contributed by atoms with Crippen molar-refractivity contribution >= 4 is 15.9 Å². The lowest BCUT2D eigenvalue weighted by atomic mass is 10.1. The third-order valence-electron chi connectivity index (χ3n) is 2.45. The van der Waals surface area contributed by atoms with Crippen LogP contribution < -0.4 is 4.72 Å². The number of sulfonamides is 1. The lowest BCUT2D eigenvalue weighted by Gasteiger charge is -2.05. The molecule has 100 valence electrons. The minimum Gasteiger partial charge on any atom is -0.274 e. The zero-order valence-corrected chi connectivity index (χ0v) is 11.4. The molecule has 0 bridgehead atoms. The summed E-state index contributed by atoms with van der Waals surface area (Å²) in [4.78, 5) is 11.4. The molecule has 5 heteroatoms. The topological polar surface area (TPSA) is 63.2 Å². The lowest BCUT2D eigenvalue weighted by molar-refractivity contribution is -0.119. The van der Waals surface area contributed by atoms with Crippen molar-refractivity contribution in [3.05, 3.63) is 35.9 Å². The molecule has 0 aliphatic heterocycles. The van der Waals surface area contributed by atoms with E-state index in [4.69, 9.17) is 0 Å². The number of benzene rings is 1. The first-order chi connectivity index (χ1) is 8.53. The number of rotatable bonds is 7. The van der Waals surface area contributed by atoms with Gasteiger partial charge in [0.05, 0.1) is 5.75 Å². The van der Waals surface area contributed by atoms with Crippen molar-refractivity contribution in [3.8, 4) is 0 Å². The van der Waals surface area contributed by atoms with E-state index in [1.807, 2.05) is 30.3 Å². The summed E-state index contributed by atoms with van der Waals surface area (Å²) >= 11 is 0. The highest BCUT2D eigenvalue weighted by molar-refractivity contribution is 7.90. The SMILES string of the molecule is CCCS(=O)(=O)NC(=O)CCCc1ccccc1. The van der Waals surface area contributed by atoms with E-state index in [-0.39, 0.29) is 12.2 Å². The van der Waals surface area contributed by atoms with E-state index in [0.717, 1.165) is 12.0 Å². The van der Waals surface area contributed by atoms with Crippen molar-refractivity contribution in [2.24, 2.45) is 0 Å². The molecule has 0 aliphatic carbocycles. The molecule has 1 aromatic rings. The Kier molecular flexibility index (Phi) is 5.85. The number of hydrogen-bond acceptors (Lipinski definition) is 3. The molecule has 0 aromatic heterocycles. The third-order valence-corrected chi connectivity index (χ3v) is 3.94. The molecule has 0 saturated carbocycles. The molecule has 0 aliphatic rings. The quantitative estimate of drug-likeness (QED) is 0.822. The predicted octanol–water partition coefficient (Wildman–Crippen LogP) is 1.87. The average Bonchev–Trinajstić information content (AvgIpc) is 2.29. The van der Waals surface area contributed by atoms with Crippen LogP contribution in [0.1, 0.15) is 31.7 Å². The standard InChI is InChI=1S/C13H19NO3S/c1-2-11-18(16,17)14-13(15)10-6-9-12-7-4-3-5-8-12/h3-5,7-8H,2,6,9-11H2,1H3,(H,14,15). The summed E-state index contributed by atoms with van der Waals surface area (Å²) in [5.41, 5.74) is 1.15. The Morgan fingerprint density at radius 2 is 1.89 bits per heavy atom. The number of aryl methyl sites for hydroxylation is 1.